The second-order valence-electron chi connectivity index (χ2n) is 6.44. The van der Waals surface area contributed by atoms with Gasteiger partial charge in [-0.2, -0.15) is 13.2 Å². The van der Waals surface area contributed by atoms with Crippen LogP contribution in [0.5, 0.6) is 0 Å². The average molecular weight is 328 g/mol. The molecule has 1 aromatic rings. The molecule has 0 radical (unpaired) electrons. The van der Waals surface area contributed by atoms with Crippen LogP contribution in [0.4, 0.5) is 17.6 Å². The van der Waals surface area contributed by atoms with E-state index in [1.54, 1.807) is 13.0 Å². The first-order valence-corrected chi connectivity index (χ1v) is 8.40. The zero-order valence-electron chi connectivity index (χ0n) is 13.7. The van der Waals surface area contributed by atoms with Crippen molar-refractivity contribution in [3.8, 4) is 0 Å². The van der Waals surface area contributed by atoms with E-state index < -0.39 is 17.6 Å². The Morgan fingerprint density at radius 3 is 2.30 bits per heavy atom. The van der Waals surface area contributed by atoms with E-state index in [2.05, 4.69) is 6.92 Å². The molecule has 0 N–H and O–H groups in total. The number of allylic oxidation sites excluding steroid dienone is 1. The smallest absolute Gasteiger partial charge is 0.206 e. The molecule has 1 fully saturated rings. The molecule has 0 saturated heterocycles. The SMILES string of the molecule is C/C=C/c1ccc(C2CCC(CCC)CC2)c(F)c1C(F)(F)F. The lowest BCUT2D eigenvalue weighted by molar-refractivity contribution is -0.140. The summed E-state index contributed by atoms with van der Waals surface area (Å²) in [6.45, 7) is 3.77. The molecule has 23 heavy (non-hydrogen) atoms. The van der Waals surface area contributed by atoms with Crippen molar-refractivity contribution in [2.45, 2.75) is 64.5 Å². The van der Waals surface area contributed by atoms with Gasteiger partial charge in [0.1, 0.15) is 5.82 Å². The molecule has 0 amide bonds. The Morgan fingerprint density at radius 1 is 1.13 bits per heavy atom. The monoisotopic (exact) mass is 328 g/mol. The molecule has 1 aromatic carbocycles. The van der Waals surface area contributed by atoms with E-state index >= 15 is 0 Å². The van der Waals surface area contributed by atoms with E-state index in [0.717, 1.165) is 38.5 Å². The molecular formula is C19H24F4. The molecule has 0 nitrogen and oxygen atoms in total. The van der Waals surface area contributed by atoms with Crippen LogP contribution in [0.15, 0.2) is 18.2 Å². The Bertz CT molecular complexity index is 549. The van der Waals surface area contributed by atoms with Crippen molar-refractivity contribution in [2.24, 2.45) is 5.92 Å². The first-order chi connectivity index (χ1) is 10.9. The first-order valence-electron chi connectivity index (χ1n) is 8.40. The van der Waals surface area contributed by atoms with Crippen LogP contribution in [0.25, 0.3) is 6.08 Å². The van der Waals surface area contributed by atoms with Gasteiger partial charge < -0.3 is 0 Å². The lowest BCUT2D eigenvalue weighted by Crippen LogP contribution is -2.17. The fourth-order valence-corrected chi connectivity index (χ4v) is 3.70. The van der Waals surface area contributed by atoms with Gasteiger partial charge in [-0.15, -0.1) is 0 Å². The van der Waals surface area contributed by atoms with E-state index in [1.165, 1.54) is 18.2 Å². The van der Waals surface area contributed by atoms with Gasteiger partial charge in [0.2, 0.25) is 0 Å². The van der Waals surface area contributed by atoms with Gasteiger partial charge >= 0.3 is 6.18 Å². The van der Waals surface area contributed by atoms with Crippen LogP contribution in [0.2, 0.25) is 0 Å². The van der Waals surface area contributed by atoms with Gasteiger partial charge in [0.15, 0.2) is 0 Å². The topological polar surface area (TPSA) is 0 Å². The standard InChI is InChI=1S/C19H24F4/c1-3-5-13-7-9-14(10-8-13)16-12-11-15(6-4-2)17(18(16)20)19(21,22)23/h4,6,11-14H,3,5,7-10H2,1-2H3/b6-4+. The van der Waals surface area contributed by atoms with Crippen molar-refractivity contribution in [3.63, 3.8) is 0 Å². The molecule has 0 unspecified atom stereocenters. The van der Waals surface area contributed by atoms with Gasteiger partial charge in [-0.05, 0) is 55.6 Å². The summed E-state index contributed by atoms with van der Waals surface area (Å²) in [5.41, 5.74) is -0.981. The summed E-state index contributed by atoms with van der Waals surface area (Å²) in [5.74, 6) is -0.528. The van der Waals surface area contributed by atoms with E-state index in [1.807, 2.05) is 0 Å². The third-order valence-corrected chi connectivity index (χ3v) is 4.82. The zero-order chi connectivity index (χ0) is 17.0. The molecule has 1 aliphatic rings. The van der Waals surface area contributed by atoms with Crippen LogP contribution in [0.1, 0.15) is 75.0 Å². The zero-order valence-corrected chi connectivity index (χ0v) is 13.7. The molecule has 0 spiro atoms. The fraction of sp³-hybridized carbons (Fsp3) is 0.579. The van der Waals surface area contributed by atoms with Gasteiger partial charge in [-0.25, -0.2) is 4.39 Å². The normalized spacial score (nSPS) is 22.7. The molecule has 128 valence electrons. The first kappa shape index (κ1) is 18.0. The van der Waals surface area contributed by atoms with E-state index in [4.69, 9.17) is 0 Å². The van der Waals surface area contributed by atoms with Crippen molar-refractivity contribution in [3.05, 3.63) is 40.7 Å². The maximum atomic E-state index is 14.6. The Hall–Kier alpha value is -1.32. The van der Waals surface area contributed by atoms with Crippen LogP contribution in [0, 0.1) is 11.7 Å². The summed E-state index contributed by atoms with van der Waals surface area (Å²) in [5, 5.41) is 0. The van der Waals surface area contributed by atoms with Crippen molar-refractivity contribution in [1.29, 1.82) is 0 Å². The second-order valence-corrected chi connectivity index (χ2v) is 6.44. The number of hydrogen-bond acceptors (Lipinski definition) is 0. The molecule has 0 bridgehead atoms. The Labute approximate surface area is 135 Å². The summed E-state index contributed by atoms with van der Waals surface area (Å²) in [7, 11) is 0. The van der Waals surface area contributed by atoms with Crippen LogP contribution >= 0.6 is 0 Å². The Morgan fingerprint density at radius 2 is 1.78 bits per heavy atom. The lowest BCUT2D eigenvalue weighted by Gasteiger charge is -2.29. The summed E-state index contributed by atoms with van der Waals surface area (Å²) in [6, 6.07) is 2.95. The summed E-state index contributed by atoms with van der Waals surface area (Å²) in [4.78, 5) is 0. The summed E-state index contributed by atoms with van der Waals surface area (Å²) >= 11 is 0. The van der Waals surface area contributed by atoms with Crippen molar-refractivity contribution < 1.29 is 17.6 Å². The highest BCUT2D eigenvalue weighted by atomic mass is 19.4. The highest BCUT2D eigenvalue weighted by Crippen LogP contribution is 2.42. The number of alkyl halides is 3. The van der Waals surface area contributed by atoms with Gasteiger partial charge in [0.25, 0.3) is 0 Å². The number of hydrogen-bond donors (Lipinski definition) is 0. The largest absolute Gasteiger partial charge is 0.419 e. The molecule has 1 aliphatic carbocycles. The molecule has 0 aromatic heterocycles. The highest BCUT2D eigenvalue weighted by molar-refractivity contribution is 5.56. The maximum absolute atomic E-state index is 14.6. The molecule has 4 heteroatoms. The van der Waals surface area contributed by atoms with Crippen molar-refractivity contribution >= 4 is 6.08 Å². The van der Waals surface area contributed by atoms with Crippen LogP contribution in [0.3, 0.4) is 0 Å². The van der Waals surface area contributed by atoms with Gasteiger partial charge in [-0.3, -0.25) is 0 Å². The second kappa shape index (κ2) is 7.50. The van der Waals surface area contributed by atoms with Crippen LogP contribution in [-0.2, 0) is 6.18 Å². The predicted molar refractivity (Wildman–Crippen MR) is 85.7 cm³/mol. The minimum atomic E-state index is -4.67. The quantitative estimate of drug-likeness (QED) is 0.524. The molecule has 0 heterocycles. The Balaban J connectivity index is 2.31. The predicted octanol–water partition coefficient (Wildman–Crippen LogP) is 6.95. The summed E-state index contributed by atoms with van der Waals surface area (Å²) < 4.78 is 54.4. The van der Waals surface area contributed by atoms with Gasteiger partial charge in [0.05, 0.1) is 5.56 Å². The maximum Gasteiger partial charge on any atom is 0.419 e. The van der Waals surface area contributed by atoms with Gasteiger partial charge in [0, 0.05) is 0 Å². The lowest BCUT2D eigenvalue weighted by atomic mass is 9.76. The fourth-order valence-electron chi connectivity index (χ4n) is 3.70. The van der Waals surface area contributed by atoms with Gasteiger partial charge in [-0.1, -0.05) is 44.1 Å². The molecular weight excluding hydrogens is 304 g/mol. The Kier molecular flexibility index (Phi) is 5.88. The minimum absolute atomic E-state index is 0.0936. The van der Waals surface area contributed by atoms with E-state index in [-0.39, 0.29) is 17.0 Å². The van der Waals surface area contributed by atoms with E-state index in [0.29, 0.717) is 5.92 Å². The number of benzene rings is 1. The number of halogens is 4. The minimum Gasteiger partial charge on any atom is -0.206 e. The van der Waals surface area contributed by atoms with Crippen molar-refractivity contribution in [2.75, 3.05) is 0 Å². The van der Waals surface area contributed by atoms with E-state index in [9.17, 15) is 17.6 Å². The highest BCUT2D eigenvalue weighted by Gasteiger charge is 2.38. The molecule has 0 aliphatic heterocycles. The summed E-state index contributed by atoms with van der Waals surface area (Å²) in [6.07, 6.45) is 3.94. The molecule has 1 saturated carbocycles. The van der Waals surface area contributed by atoms with Crippen molar-refractivity contribution in [1.82, 2.24) is 0 Å². The van der Waals surface area contributed by atoms with Crippen LogP contribution in [-0.4, -0.2) is 0 Å². The third-order valence-electron chi connectivity index (χ3n) is 4.82. The molecule has 2 rings (SSSR count). The number of rotatable bonds is 4. The van der Waals surface area contributed by atoms with Crippen LogP contribution < -0.4 is 0 Å². The molecule has 0 atom stereocenters. The third kappa shape index (κ3) is 4.15. The average Bonchev–Trinajstić information content (AvgIpc) is 2.48.